The van der Waals surface area contributed by atoms with Crippen LogP contribution in [0.3, 0.4) is 0 Å². The van der Waals surface area contributed by atoms with Crippen LogP contribution in [0.15, 0.2) is 43.0 Å². The second kappa shape index (κ2) is 12.3. The molecule has 2 aromatic heterocycles. The largest absolute Gasteiger partial charge is 0.480 e. The van der Waals surface area contributed by atoms with E-state index >= 15 is 0 Å². The fraction of sp³-hybridized carbons (Fsp3) is 0.565. The SMILES string of the molecule is CC.CC(C)C[C@@]1(C(=O)O)C[C@H](c2cnccn2)[C@H](c2ccccn2)N1.CCC. The molecule has 2 aromatic rings. The lowest BCUT2D eigenvalue weighted by Gasteiger charge is -2.27. The Morgan fingerprint density at radius 2 is 1.83 bits per heavy atom. The second-order valence-electron chi connectivity index (χ2n) is 7.51. The molecule has 0 bridgehead atoms. The van der Waals surface area contributed by atoms with Crippen molar-refractivity contribution in [3.8, 4) is 0 Å². The molecule has 3 atom stereocenters. The molecular formula is C23H36N4O2. The molecule has 0 amide bonds. The Morgan fingerprint density at radius 3 is 2.31 bits per heavy atom. The van der Waals surface area contributed by atoms with Crippen molar-refractivity contribution >= 4 is 5.97 Å². The minimum absolute atomic E-state index is 0.0801. The van der Waals surface area contributed by atoms with E-state index in [0.29, 0.717) is 12.8 Å². The van der Waals surface area contributed by atoms with Gasteiger partial charge in [-0.05, 0) is 30.9 Å². The zero-order valence-corrected chi connectivity index (χ0v) is 18.6. The predicted molar refractivity (Wildman–Crippen MR) is 117 cm³/mol. The maximum atomic E-state index is 12.1. The first kappa shape index (κ1) is 24.7. The van der Waals surface area contributed by atoms with Gasteiger partial charge >= 0.3 is 5.97 Å². The molecular weight excluding hydrogens is 364 g/mol. The summed E-state index contributed by atoms with van der Waals surface area (Å²) in [6, 6.07) is 5.50. The van der Waals surface area contributed by atoms with E-state index < -0.39 is 11.5 Å². The molecule has 0 unspecified atom stereocenters. The third-order valence-corrected chi connectivity index (χ3v) is 4.54. The standard InChI is InChI=1S/C18H22N4O2.C3H8.C2H6/c1-12(2)9-18(17(23)24)10-13(15-11-19-7-8-21-15)16(22-18)14-5-3-4-6-20-14;1-3-2;1-2/h3-8,11-13,16,22H,9-10H2,1-2H3,(H,23,24);3H2,1-2H3;1-2H3/t13-,16-,18+;;/m1../s1. The van der Waals surface area contributed by atoms with Crippen molar-refractivity contribution in [3.05, 3.63) is 54.4 Å². The fourth-order valence-electron chi connectivity index (χ4n) is 3.64. The number of carbonyl (C=O) groups is 1. The fourth-order valence-corrected chi connectivity index (χ4v) is 3.64. The summed E-state index contributed by atoms with van der Waals surface area (Å²) in [5.41, 5.74) is 0.658. The quantitative estimate of drug-likeness (QED) is 0.734. The zero-order valence-electron chi connectivity index (χ0n) is 18.6. The van der Waals surface area contributed by atoms with Crippen LogP contribution in [0.5, 0.6) is 0 Å². The molecule has 1 fully saturated rings. The van der Waals surface area contributed by atoms with Gasteiger partial charge in [-0.25, -0.2) is 0 Å². The van der Waals surface area contributed by atoms with E-state index in [2.05, 4.69) is 34.1 Å². The predicted octanol–water partition coefficient (Wildman–Crippen LogP) is 5.00. The molecule has 6 heteroatoms. The summed E-state index contributed by atoms with van der Waals surface area (Å²) in [7, 11) is 0. The average Bonchev–Trinajstić information content (AvgIpc) is 3.12. The van der Waals surface area contributed by atoms with Crippen LogP contribution in [0.1, 0.15) is 84.2 Å². The zero-order chi connectivity index (χ0) is 21.9. The minimum Gasteiger partial charge on any atom is -0.480 e. The van der Waals surface area contributed by atoms with Crippen molar-refractivity contribution in [2.75, 3.05) is 0 Å². The van der Waals surface area contributed by atoms with E-state index in [1.54, 1.807) is 24.8 Å². The molecule has 0 radical (unpaired) electrons. The Morgan fingerprint density at radius 1 is 1.17 bits per heavy atom. The molecule has 3 rings (SSSR count). The first-order chi connectivity index (χ1) is 13.9. The van der Waals surface area contributed by atoms with Gasteiger partial charge in [0.1, 0.15) is 5.54 Å². The molecule has 0 aliphatic carbocycles. The Balaban J connectivity index is 0.000000771. The Kier molecular flexibility index (Phi) is 10.5. The highest BCUT2D eigenvalue weighted by atomic mass is 16.4. The molecule has 6 nitrogen and oxygen atoms in total. The number of hydrogen-bond acceptors (Lipinski definition) is 5. The van der Waals surface area contributed by atoms with Crippen LogP contribution in [-0.2, 0) is 4.79 Å². The van der Waals surface area contributed by atoms with Gasteiger partial charge in [0.2, 0.25) is 0 Å². The van der Waals surface area contributed by atoms with E-state index in [4.69, 9.17) is 0 Å². The van der Waals surface area contributed by atoms with Crippen LogP contribution in [-0.4, -0.2) is 31.6 Å². The van der Waals surface area contributed by atoms with Crippen molar-refractivity contribution in [1.29, 1.82) is 0 Å². The maximum absolute atomic E-state index is 12.1. The van der Waals surface area contributed by atoms with Crippen LogP contribution >= 0.6 is 0 Å². The van der Waals surface area contributed by atoms with Crippen molar-refractivity contribution in [2.45, 2.75) is 78.3 Å². The third-order valence-electron chi connectivity index (χ3n) is 4.54. The molecule has 2 N–H and O–H groups in total. The number of carboxylic acids is 1. The van der Waals surface area contributed by atoms with E-state index in [1.165, 1.54) is 6.42 Å². The van der Waals surface area contributed by atoms with Crippen LogP contribution < -0.4 is 5.32 Å². The molecule has 160 valence electrons. The summed E-state index contributed by atoms with van der Waals surface area (Å²) in [5.74, 6) is -0.634. The number of nitrogens with one attached hydrogen (secondary N) is 1. The summed E-state index contributed by atoms with van der Waals surface area (Å²) < 4.78 is 0. The van der Waals surface area contributed by atoms with Crippen LogP contribution in [0, 0.1) is 5.92 Å². The molecule has 29 heavy (non-hydrogen) atoms. The number of nitrogens with zero attached hydrogens (tertiary/aromatic N) is 3. The number of aromatic nitrogens is 3. The lowest BCUT2D eigenvalue weighted by molar-refractivity contribution is -0.145. The van der Waals surface area contributed by atoms with Gasteiger partial charge < -0.3 is 5.11 Å². The summed E-state index contributed by atoms with van der Waals surface area (Å²) in [6.45, 7) is 12.3. The first-order valence-electron chi connectivity index (χ1n) is 10.6. The van der Waals surface area contributed by atoms with Gasteiger partial charge in [-0.1, -0.05) is 54.0 Å². The summed E-state index contributed by atoms with van der Waals surface area (Å²) in [5, 5.41) is 13.3. The van der Waals surface area contributed by atoms with Crippen molar-refractivity contribution in [2.24, 2.45) is 5.92 Å². The van der Waals surface area contributed by atoms with Crippen LogP contribution in [0.2, 0.25) is 0 Å². The molecule has 1 aliphatic rings. The van der Waals surface area contributed by atoms with E-state index in [9.17, 15) is 9.90 Å². The van der Waals surface area contributed by atoms with E-state index in [-0.39, 0.29) is 17.9 Å². The maximum Gasteiger partial charge on any atom is 0.323 e. The number of aliphatic carboxylic acids is 1. The Bertz CT molecular complexity index is 660. The second-order valence-corrected chi connectivity index (χ2v) is 7.51. The third kappa shape index (κ3) is 6.60. The van der Waals surface area contributed by atoms with Crippen LogP contribution in [0.25, 0.3) is 0 Å². The van der Waals surface area contributed by atoms with Gasteiger partial charge in [0.05, 0.1) is 17.4 Å². The lowest BCUT2D eigenvalue weighted by atomic mass is 9.83. The van der Waals surface area contributed by atoms with Crippen molar-refractivity contribution in [1.82, 2.24) is 20.3 Å². The Labute approximate surface area is 175 Å². The van der Waals surface area contributed by atoms with Gasteiger partial charge in [-0.15, -0.1) is 0 Å². The van der Waals surface area contributed by atoms with Gasteiger partial charge in [0.25, 0.3) is 0 Å². The highest BCUT2D eigenvalue weighted by Gasteiger charge is 2.51. The highest BCUT2D eigenvalue weighted by Crippen LogP contribution is 2.45. The number of rotatable bonds is 5. The molecule has 1 aliphatic heterocycles. The van der Waals surface area contributed by atoms with Gasteiger partial charge in [-0.2, -0.15) is 0 Å². The first-order valence-corrected chi connectivity index (χ1v) is 10.6. The smallest absolute Gasteiger partial charge is 0.323 e. The molecule has 1 saturated heterocycles. The monoisotopic (exact) mass is 400 g/mol. The lowest BCUT2D eigenvalue weighted by Crippen LogP contribution is -2.49. The highest BCUT2D eigenvalue weighted by molar-refractivity contribution is 5.79. The topological polar surface area (TPSA) is 88.0 Å². The van der Waals surface area contributed by atoms with Gasteiger partial charge in [0.15, 0.2) is 0 Å². The summed E-state index contributed by atoms with van der Waals surface area (Å²) >= 11 is 0. The minimum atomic E-state index is -0.974. The Hall–Kier alpha value is -2.34. The normalized spacial score (nSPS) is 22.9. The van der Waals surface area contributed by atoms with Gasteiger partial charge in [-0.3, -0.25) is 25.1 Å². The van der Waals surface area contributed by atoms with Crippen LogP contribution in [0.4, 0.5) is 0 Å². The van der Waals surface area contributed by atoms with Crippen molar-refractivity contribution < 1.29 is 9.90 Å². The molecule has 0 aromatic carbocycles. The molecule has 0 saturated carbocycles. The average molecular weight is 401 g/mol. The number of carboxylic acid groups (broad SMARTS) is 1. The number of hydrogen-bond donors (Lipinski definition) is 2. The summed E-state index contributed by atoms with van der Waals surface area (Å²) in [6.07, 6.45) is 9.00. The van der Waals surface area contributed by atoms with E-state index in [1.807, 2.05) is 45.9 Å². The van der Waals surface area contributed by atoms with Crippen molar-refractivity contribution in [3.63, 3.8) is 0 Å². The number of pyridine rings is 1. The van der Waals surface area contributed by atoms with Gasteiger partial charge in [0, 0.05) is 30.7 Å². The summed E-state index contributed by atoms with van der Waals surface area (Å²) in [4.78, 5) is 25.1. The molecule has 0 spiro atoms. The molecule has 3 heterocycles. The van der Waals surface area contributed by atoms with E-state index in [0.717, 1.165) is 11.4 Å².